The van der Waals surface area contributed by atoms with Gasteiger partial charge >= 0.3 is 0 Å². The van der Waals surface area contributed by atoms with E-state index < -0.39 is 29.5 Å². The number of amides is 2. The Balaban J connectivity index is 1.49. The highest BCUT2D eigenvalue weighted by Crippen LogP contribution is 2.39. The van der Waals surface area contributed by atoms with Crippen molar-refractivity contribution in [1.29, 1.82) is 5.26 Å². The number of aliphatic hydroxyl groups excluding tert-OH is 1. The van der Waals surface area contributed by atoms with Crippen LogP contribution >= 0.6 is 0 Å². The Kier molecular flexibility index (Phi) is 7.53. The molecule has 2 heterocycles. The molecule has 2 fully saturated rings. The van der Waals surface area contributed by atoms with Crippen molar-refractivity contribution in [3.8, 4) is 6.07 Å². The van der Waals surface area contributed by atoms with E-state index in [4.69, 9.17) is 5.26 Å². The molecule has 2 N–H and O–H groups in total. The summed E-state index contributed by atoms with van der Waals surface area (Å²) in [4.78, 5) is 31.9. The fourth-order valence-corrected chi connectivity index (χ4v) is 5.43. The molecule has 1 spiro atoms. The third kappa shape index (κ3) is 4.91. The quantitative estimate of drug-likeness (QED) is 0.624. The molecule has 2 aromatic carbocycles. The number of hydrogen-bond acceptors (Lipinski definition) is 6. The summed E-state index contributed by atoms with van der Waals surface area (Å²) in [6.45, 7) is 6.74. The van der Waals surface area contributed by atoms with Gasteiger partial charge in [0.25, 0.3) is 5.91 Å². The molecule has 2 unspecified atom stereocenters. The summed E-state index contributed by atoms with van der Waals surface area (Å²) in [5, 5.41) is 23.3. The van der Waals surface area contributed by atoms with Gasteiger partial charge < -0.3 is 20.2 Å². The molecule has 2 saturated heterocycles. The molecule has 0 aliphatic carbocycles. The average molecular weight is 508 g/mol. The van der Waals surface area contributed by atoms with Gasteiger partial charge in [-0.25, -0.2) is 4.39 Å². The van der Waals surface area contributed by atoms with Crippen molar-refractivity contribution in [2.75, 3.05) is 31.7 Å². The highest BCUT2D eigenvalue weighted by Gasteiger charge is 2.53. The van der Waals surface area contributed by atoms with E-state index in [1.807, 2.05) is 30.9 Å². The fourth-order valence-electron chi connectivity index (χ4n) is 5.43. The first kappa shape index (κ1) is 26.6. The van der Waals surface area contributed by atoms with Gasteiger partial charge in [0.05, 0.1) is 29.9 Å². The van der Waals surface area contributed by atoms with Gasteiger partial charge in [-0.2, -0.15) is 5.26 Å². The Bertz CT molecular complexity index is 1200. The van der Waals surface area contributed by atoms with E-state index in [1.54, 1.807) is 43.1 Å². The number of anilines is 1. The van der Waals surface area contributed by atoms with Crippen molar-refractivity contribution >= 4 is 17.5 Å². The van der Waals surface area contributed by atoms with Crippen LogP contribution in [0.4, 0.5) is 10.1 Å². The summed E-state index contributed by atoms with van der Waals surface area (Å²) in [5.74, 6) is -1.21. The van der Waals surface area contributed by atoms with Crippen LogP contribution in [0, 0.1) is 30.0 Å². The standard InChI is InChI=1S/C28H34FN5O3/c1-18(2)24(31-25(35)22-7-5-6-19(3)23(22)29)26(36)33-14-12-28(13-15-33)27(37)32(4)17-34(28)21-10-8-20(16-30)9-11-21/h5-11,18,24,26,36H,12-15,17H2,1-4H3,(H,31,35). The second kappa shape index (κ2) is 10.5. The molecule has 4 rings (SSSR count). The Hall–Kier alpha value is -3.48. The molecular weight excluding hydrogens is 473 g/mol. The van der Waals surface area contributed by atoms with Crippen LogP contribution in [0.5, 0.6) is 0 Å². The largest absolute Gasteiger partial charge is 0.376 e. The molecule has 2 atom stereocenters. The Labute approximate surface area is 217 Å². The third-order valence-electron chi connectivity index (χ3n) is 7.70. The van der Waals surface area contributed by atoms with E-state index in [9.17, 15) is 19.1 Å². The first-order chi connectivity index (χ1) is 17.6. The van der Waals surface area contributed by atoms with Crippen LogP contribution in [-0.4, -0.2) is 71.3 Å². The minimum atomic E-state index is -0.994. The average Bonchev–Trinajstić information content (AvgIpc) is 3.13. The Morgan fingerprint density at radius 3 is 2.41 bits per heavy atom. The van der Waals surface area contributed by atoms with Gasteiger partial charge in [0.2, 0.25) is 5.91 Å². The maximum Gasteiger partial charge on any atom is 0.254 e. The fraction of sp³-hybridized carbons (Fsp3) is 0.464. The number of likely N-dealkylation sites (N-methyl/N-ethyl adjacent to an activating group) is 1. The van der Waals surface area contributed by atoms with E-state index in [1.165, 1.54) is 6.07 Å². The molecule has 9 heteroatoms. The van der Waals surface area contributed by atoms with E-state index >= 15 is 0 Å². The summed E-state index contributed by atoms with van der Waals surface area (Å²) < 4.78 is 14.5. The molecule has 2 aliphatic rings. The molecule has 0 saturated carbocycles. The zero-order valence-corrected chi connectivity index (χ0v) is 21.7. The molecule has 8 nitrogen and oxygen atoms in total. The molecule has 0 aromatic heterocycles. The lowest BCUT2D eigenvalue weighted by Crippen LogP contribution is -2.61. The Morgan fingerprint density at radius 2 is 1.81 bits per heavy atom. The second-order valence-electron chi connectivity index (χ2n) is 10.4. The molecule has 37 heavy (non-hydrogen) atoms. The summed E-state index contributed by atoms with van der Waals surface area (Å²) in [5.41, 5.74) is 1.03. The number of halogens is 1. The van der Waals surface area contributed by atoms with Gasteiger partial charge in [0, 0.05) is 25.8 Å². The molecule has 0 radical (unpaired) electrons. The van der Waals surface area contributed by atoms with Crippen molar-refractivity contribution in [2.24, 2.45) is 5.92 Å². The lowest BCUT2D eigenvalue weighted by atomic mass is 9.84. The number of rotatable bonds is 6. The highest BCUT2D eigenvalue weighted by molar-refractivity contribution is 5.95. The van der Waals surface area contributed by atoms with E-state index in [-0.39, 0.29) is 17.4 Å². The zero-order chi connectivity index (χ0) is 26.9. The number of hydrogen-bond donors (Lipinski definition) is 2. The number of nitriles is 1. The predicted molar refractivity (Wildman–Crippen MR) is 138 cm³/mol. The van der Waals surface area contributed by atoms with Crippen molar-refractivity contribution in [2.45, 2.75) is 51.4 Å². The summed E-state index contributed by atoms with van der Waals surface area (Å²) in [6.07, 6.45) is 0.00330. The molecule has 0 bridgehead atoms. The van der Waals surface area contributed by atoms with Gasteiger partial charge in [0.15, 0.2) is 0 Å². The van der Waals surface area contributed by atoms with Crippen LogP contribution in [0.2, 0.25) is 0 Å². The van der Waals surface area contributed by atoms with Gasteiger partial charge in [-0.15, -0.1) is 0 Å². The number of carbonyl (C=O) groups excluding carboxylic acids is 2. The number of nitrogens with one attached hydrogen (secondary N) is 1. The van der Waals surface area contributed by atoms with Crippen LogP contribution < -0.4 is 10.2 Å². The van der Waals surface area contributed by atoms with Gasteiger partial charge in [0.1, 0.15) is 17.6 Å². The molecule has 2 aliphatic heterocycles. The molecule has 2 amide bonds. The van der Waals surface area contributed by atoms with Gasteiger partial charge in [-0.05, 0) is 61.6 Å². The number of carbonyl (C=O) groups is 2. The van der Waals surface area contributed by atoms with Gasteiger partial charge in [-0.1, -0.05) is 26.0 Å². The summed E-state index contributed by atoms with van der Waals surface area (Å²) in [7, 11) is 1.78. The molecular formula is C28H34FN5O3. The highest BCUT2D eigenvalue weighted by atomic mass is 19.1. The van der Waals surface area contributed by atoms with Crippen LogP contribution in [0.1, 0.15) is 48.2 Å². The van der Waals surface area contributed by atoms with E-state index in [2.05, 4.69) is 16.3 Å². The third-order valence-corrected chi connectivity index (χ3v) is 7.70. The van der Waals surface area contributed by atoms with Crippen LogP contribution in [0.15, 0.2) is 42.5 Å². The van der Waals surface area contributed by atoms with E-state index in [0.29, 0.717) is 43.7 Å². The minimum absolute atomic E-state index is 0.0367. The predicted octanol–water partition coefficient (Wildman–Crippen LogP) is 2.85. The zero-order valence-electron chi connectivity index (χ0n) is 21.7. The summed E-state index contributed by atoms with van der Waals surface area (Å²) >= 11 is 0. The number of aryl methyl sites for hydroxylation is 1. The van der Waals surface area contributed by atoms with Gasteiger partial charge in [-0.3, -0.25) is 14.5 Å². The van der Waals surface area contributed by atoms with Crippen molar-refractivity contribution in [1.82, 2.24) is 15.1 Å². The second-order valence-corrected chi connectivity index (χ2v) is 10.4. The number of piperidine rings is 1. The minimum Gasteiger partial charge on any atom is -0.376 e. The first-order valence-corrected chi connectivity index (χ1v) is 12.6. The number of likely N-dealkylation sites (tertiary alicyclic amines) is 1. The van der Waals surface area contributed by atoms with Crippen LogP contribution in [0.25, 0.3) is 0 Å². The SMILES string of the molecule is Cc1cccc(C(=O)NC(C(C)C)C(O)N2CCC3(CC2)C(=O)N(C)CN3c2ccc(C#N)cc2)c1F. The lowest BCUT2D eigenvalue weighted by Gasteiger charge is -2.46. The summed E-state index contributed by atoms with van der Waals surface area (Å²) in [6, 6.07) is 13.4. The van der Waals surface area contributed by atoms with Crippen molar-refractivity contribution in [3.05, 3.63) is 65.0 Å². The Morgan fingerprint density at radius 1 is 1.16 bits per heavy atom. The molecule has 196 valence electrons. The van der Waals surface area contributed by atoms with Crippen LogP contribution in [-0.2, 0) is 4.79 Å². The normalized spacial score (nSPS) is 19.2. The number of nitrogens with zero attached hydrogens (tertiary/aromatic N) is 4. The number of benzene rings is 2. The maximum atomic E-state index is 14.5. The monoisotopic (exact) mass is 507 g/mol. The first-order valence-electron chi connectivity index (χ1n) is 12.6. The van der Waals surface area contributed by atoms with E-state index in [0.717, 1.165) is 5.69 Å². The van der Waals surface area contributed by atoms with Crippen molar-refractivity contribution in [3.63, 3.8) is 0 Å². The van der Waals surface area contributed by atoms with Crippen molar-refractivity contribution < 1.29 is 19.1 Å². The number of aliphatic hydroxyl groups is 1. The topological polar surface area (TPSA) is 99.9 Å². The smallest absolute Gasteiger partial charge is 0.254 e. The maximum absolute atomic E-state index is 14.5. The molecule has 2 aromatic rings. The lowest BCUT2D eigenvalue weighted by molar-refractivity contribution is -0.134. The van der Waals surface area contributed by atoms with Crippen LogP contribution in [0.3, 0.4) is 0 Å².